The average molecular weight is 274 g/mol. The molecule has 0 aliphatic heterocycles. The molecule has 0 bridgehead atoms. The van der Waals surface area contributed by atoms with Crippen LogP contribution in [0.3, 0.4) is 0 Å². The van der Waals surface area contributed by atoms with E-state index in [-0.39, 0.29) is 18.6 Å². The molecule has 1 fully saturated rings. The maximum Gasteiger partial charge on any atom is 0.327 e. The standard InChI is InChI=1S/C12H22N2O3S/c1-10(15)17-8-7-14(18)12(16)13-9-11-5-3-2-4-6-11/h11,18H,2-9H2,1H3,(H,13,16). The second kappa shape index (κ2) is 8.24. The van der Waals surface area contributed by atoms with Crippen molar-refractivity contribution in [3.05, 3.63) is 0 Å². The van der Waals surface area contributed by atoms with Crippen LogP contribution >= 0.6 is 12.8 Å². The van der Waals surface area contributed by atoms with Crippen molar-refractivity contribution in [2.24, 2.45) is 5.92 Å². The molecule has 1 rings (SSSR count). The molecule has 18 heavy (non-hydrogen) atoms. The zero-order valence-electron chi connectivity index (χ0n) is 10.9. The molecule has 2 amide bonds. The van der Waals surface area contributed by atoms with E-state index < -0.39 is 0 Å². The van der Waals surface area contributed by atoms with Gasteiger partial charge in [-0.15, -0.1) is 0 Å². The summed E-state index contributed by atoms with van der Waals surface area (Å²) in [5.41, 5.74) is 0. The predicted molar refractivity (Wildman–Crippen MR) is 72.3 cm³/mol. The Bertz CT molecular complexity index is 280. The van der Waals surface area contributed by atoms with E-state index in [9.17, 15) is 9.59 Å². The molecule has 1 N–H and O–H groups in total. The third kappa shape index (κ3) is 6.14. The highest BCUT2D eigenvalue weighted by Gasteiger charge is 2.16. The summed E-state index contributed by atoms with van der Waals surface area (Å²) in [5, 5.41) is 2.86. The predicted octanol–water partition coefficient (Wildman–Crippen LogP) is 1.99. The Balaban J connectivity index is 2.12. The first-order valence-electron chi connectivity index (χ1n) is 6.47. The molecule has 1 aliphatic rings. The van der Waals surface area contributed by atoms with Crippen molar-refractivity contribution in [1.82, 2.24) is 9.62 Å². The lowest BCUT2D eigenvalue weighted by molar-refractivity contribution is -0.140. The average Bonchev–Trinajstić information content (AvgIpc) is 2.36. The highest BCUT2D eigenvalue weighted by Crippen LogP contribution is 2.22. The smallest absolute Gasteiger partial charge is 0.327 e. The second-order valence-corrected chi connectivity index (χ2v) is 5.14. The molecule has 1 aliphatic carbocycles. The second-order valence-electron chi connectivity index (χ2n) is 4.65. The van der Waals surface area contributed by atoms with Gasteiger partial charge in [-0.1, -0.05) is 32.1 Å². The first-order valence-corrected chi connectivity index (χ1v) is 6.87. The number of esters is 1. The fraction of sp³-hybridized carbons (Fsp3) is 0.833. The third-order valence-electron chi connectivity index (χ3n) is 3.11. The molecule has 1 saturated carbocycles. The summed E-state index contributed by atoms with van der Waals surface area (Å²) in [6.07, 6.45) is 6.22. The van der Waals surface area contributed by atoms with Crippen LogP contribution in [0.5, 0.6) is 0 Å². The Morgan fingerprint density at radius 1 is 1.33 bits per heavy atom. The van der Waals surface area contributed by atoms with Crippen LogP contribution in [0.15, 0.2) is 0 Å². The SMILES string of the molecule is CC(=O)OCCN(S)C(=O)NCC1CCCCC1. The molecule has 0 spiro atoms. The van der Waals surface area contributed by atoms with E-state index >= 15 is 0 Å². The molecule has 0 atom stereocenters. The molecule has 0 aromatic rings. The Labute approximate surface area is 114 Å². The van der Waals surface area contributed by atoms with Gasteiger partial charge >= 0.3 is 12.0 Å². The Morgan fingerprint density at radius 2 is 2.00 bits per heavy atom. The van der Waals surface area contributed by atoms with Gasteiger partial charge in [-0.05, 0) is 18.8 Å². The lowest BCUT2D eigenvalue weighted by Crippen LogP contribution is -2.38. The topological polar surface area (TPSA) is 58.6 Å². The number of ether oxygens (including phenoxy) is 1. The number of nitrogens with zero attached hydrogens (tertiary/aromatic N) is 1. The quantitative estimate of drug-likeness (QED) is 0.595. The van der Waals surface area contributed by atoms with Crippen LogP contribution < -0.4 is 5.32 Å². The zero-order chi connectivity index (χ0) is 13.4. The minimum atomic E-state index is -0.348. The fourth-order valence-electron chi connectivity index (χ4n) is 2.09. The molecule has 0 aromatic carbocycles. The highest BCUT2D eigenvalue weighted by atomic mass is 32.1. The summed E-state index contributed by atoms with van der Waals surface area (Å²) in [4.78, 5) is 22.2. The van der Waals surface area contributed by atoms with Crippen molar-refractivity contribution in [1.29, 1.82) is 0 Å². The molecule has 6 heteroatoms. The van der Waals surface area contributed by atoms with Gasteiger partial charge in [0.25, 0.3) is 0 Å². The van der Waals surface area contributed by atoms with E-state index in [0.29, 0.717) is 19.0 Å². The van der Waals surface area contributed by atoms with Crippen molar-refractivity contribution < 1.29 is 14.3 Å². The Kier molecular flexibility index (Phi) is 6.93. The number of thiol groups is 1. The third-order valence-corrected chi connectivity index (χ3v) is 3.49. The van der Waals surface area contributed by atoms with Crippen molar-refractivity contribution in [3.8, 4) is 0 Å². The number of rotatable bonds is 5. The van der Waals surface area contributed by atoms with E-state index in [1.54, 1.807) is 0 Å². The largest absolute Gasteiger partial charge is 0.464 e. The van der Waals surface area contributed by atoms with Crippen molar-refractivity contribution in [2.45, 2.75) is 39.0 Å². The summed E-state index contributed by atoms with van der Waals surface area (Å²) in [5.74, 6) is 0.247. The van der Waals surface area contributed by atoms with Crippen LogP contribution in [0.25, 0.3) is 0 Å². The molecule has 0 heterocycles. The number of amides is 2. The molecule has 5 nitrogen and oxygen atoms in total. The normalized spacial score (nSPS) is 16.1. The molecule has 0 unspecified atom stereocenters. The minimum Gasteiger partial charge on any atom is -0.464 e. The zero-order valence-corrected chi connectivity index (χ0v) is 11.7. The van der Waals surface area contributed by atoms with Gasteiger partial charge < -0.3 is 10.1 Å². The van der Waals surface area contributed by atoms with Gasteiger partial charge in [-0.2, -0.15) is 0 Å². The van der Waals surface area contributed by atoms with Crippen LogP contribution in [0.2, 0.25) is 0 Å². The number of urea groups is 1. The van der Waals surface area contributed by atoms with Crippen molar-refractivity contribution in [3.63, 3.8) is 0 Å². The van der Waals surface area contributed by atoms with Gasteiger partial charge in [0.15, 0.2) is 0 Å². The maximum absolute atomic E-state index is 11.7. The van der Waals surface area contributed by atoms with Crippen molar-refractivity contribution >= 4 is 24.8 Å². The van der Waals surface area contributed by atoms with E-state index in [1.807, 2.05) is 0 Å². The van der Waals surface area contributed by atoms with Crippen LogP contribution in [-0.2, 0) is 9.53 Å². The summed E-state index contributed by atoms with van der Waals surface area (Å²) in [6, 6.07) is -0.226. The van der Waals surface area contributed by atoms with Crippen LogP contribution in [-0.4, -0.2) is 36.0 Å². The lowest BCUT2D eigenvalue weighted by Gasteiger charge is -2.23. The van der Waals surface area contributed by atoms with Gasteiger partial charge in [-0.25, -0.2) is 4.79 Å². The molecular formula is C12H22N2O3S. The molecule has 104 valence electrons. The summed E-state index contributed by atoms with van der Waals surface area (Å²) in [7, 11) is 0. The Morgan fingerprint density at radius 3 is 2.61 bits per heavy atom. The summed E-state index contributed by atoms with van der Waals surface area (Å²) >= 11 is 4.06. The number of hydrogen-bond acceptors (Lipinski definition) is 4. The monoisotopic (exact) mass is 274 g/mol. The highest BCUT2D eigenvalue weighted by molar-refractivity contribution is 7.78. The van der Waals surface area contributed by atoms with E-state index in [4.69, 9.17) is 4.74 Å². The van der Waals surface area contributed by atoms with Gasteiger partial charge in [0.05, 0.1) is 6.54 Å². The number of hydrogen-bond donors (Lipinski definition) is 2. The molecule has 0 aromatic heterocycles. The molecular weight excluding hydrogens is 252 g/mol. The number of carbonyl (C=O) groups excluding carboxylic acids is 2. The van der Waals surface area contributed by atoms with Gasteiger partial charge in [0.1, 0.15) is 6.61 Å². The summed E-state index contributed by atoms with van der Waals surface area (Å²) in [6.45, 7) is 2.52. The van der Waals surface area contributed by atoms with Crippen LogP contribution in [0.4, 0.5) is 4.79 Å². The molecule has 0 radical (unpaired) electrons. The van der Waals surface area contributed by atoms with E-state index in [2.05, 4.69) is 18.1 Å². The maximum atomic E-state index is 11.7. The first kappa shape index (κ1) is 15.1. The fourth-order valence-corrected chi connectivity index (χ4v) is 2.24. The summed E-state index contributed by atoms with van der Waals surface area (Å²) < 4.78 is 5.99. The lowest BCUT2D eigenvalue weighted by atomic mass is 9.89. The Hall–Kier alpha value is -0.910. The van der Waals surface area contributed by atoms with Crippen molar-refractivity contribution in [2.75, 3.05) is 19.7 Å². The number of nitrogens with one attached hydrogen (secondary N) is 1. The molecule has 0 saturated heterocycles. The van der Waals surface area contributed by atoms with Crippen LogP contribution in [0, 0.1) is 5.92 Å². The van der Waals surface area contributed by atoms with E-state index in [0.717, 1.165) is 0 Å². The van der Waals surface area contributed by atoms with Gasteiger partial charge in [0.2, 0.25) is 0 Å². The van der Waals surface area contributed by atoms with E-state index in [1.165, 1.54) is 43.3 Å². The number of carbonyl (C=O) groups is 2. The minimum absolute atomic E-state index is 0.176. The first-order chi connectivity index (χ1) is 8.59. The van der Waals surface area contributed by atoms with Crippen LogP contribution in [0.1, 0.15) is 39.0 Å². The van der Waals surface area contributed by atoms with Gasteiger partial charge in [0, 0.05) is 13.5 Å². The van der Waals surface area contributed by atoms with Gasteiger partial charge in [-0.3, -0.25) is 9.10 Å².